The van der Waals surface area contributed by atoms with Crippen LogP contribution in [-0.2, 0) is 6.54 Å². The number of nitrogens with zero attached hydrogens (tertiary/aromatic N) is 4. The molecule has 3 rings (SSSR count). The van der Waals surface area contributed by atoms with Crippen molar-refractivity contribution in [2.75, 3.05) is 12.1 Å². The van der Waals surface area contributed by atoms with Crippen LogP contribution in [0.1, 0.15) is 5.56 Å². The number of aliphatic imine (C=N–C) groups is 2. The summed E-state index contributed by atoms with van der Waals surface area (Å²) in [4.78, 5) is 12.3. The molecule has 0 aliphatic heterocycles. The fraction of sp³-hybridized carbons (Fsp3) is 0.0952. The number of hydrogen-bond acceptors (Lipinski definition) is 6. The summed E-state index contributed by atoms with van der Waals surface area (Å²) in [7, 11) is 1.80. The van der Waals surface area contributed by atoms with Gasteiger partial charge in [0.25, 0.3) is 0 Å². The molecule has 2 aromatic carbocycles. The number of hydrazine groups is 1. The second-order valence-corrected chi connectivity index (χ2v) is 5.86. The van der Waals surface area contributed by atoms with Crippen molar-refractivity contribution in [1.82, 2.24) is 4.98 Å². The Morgan fingerprint density at radius 3 is 2.70 bits per heavy atom. The largest absolute Gasteiger partial charge is 0.438 e. The standard InChI is InChI=1S/C21H21N5O/c1-23-21(11-13-25-15-16-6-5-12-24-14-16)27-20-10-9-19(26(2)22)17-7-3-4-8-18(17)20/h3-14H,1,15,22H2,2H3/b21-11+,25-13?. The minimum absolute atomic E-state index is 0.365. The monoisotopic (exact) mass is 359 g/mol. The van der Waals surface area contributed by atoms with E-state index in [1.807, 2.05) is 48.5 Å². The maximum absolute atomic E-state index is 5.93. The van der Waals surface area contributed by atoms with E-state index in [1.54, 1.807) is 36.7 Å². The second kappa shape index (κ2) is 8.73. The van der Waals surface area contributed by atoms with Gasteiger partial charge in [0.15, 0.2) is 0 Å². The summed E-state index contributed by atoms with van der Waals surface area (Å²) in [5.74, 6) is 6.96. The predicted octanol–water partition coefficient (Wildman–Crippen LogP) is 3.74. The van der Waals surface area contributed by atoms with E-state index >= 15 is 0 Å². The summed E-state index contributed by atoms with van der Waals surface area (Å²) in [5.41, 5.74) is 1.94. The molecule has 27 heavy (non-hydrogen) atoms. The van der Waals surface area contributed by atoms with Gasteiger partial charge in [0.1, 0.15) is 5.75 Å². The van der Waals surface area contributed by atoms with Crippen LogP contribution in [0.2, 0.25) is 0 Å². The lowest BCUT2D eigenvalue weighted by Crippen LogP contribution is -2.25. The quantitative estimate of drug-likeness (QED) is 0.302. The van der Waals surface area contributed by atoms with Gasteiger partial charge in [-0.2, -0.15) is 0 Å². The lowest BCUT2D eigenvalue weighted by atomic mass is 10.1. The zero-order valence-corrected chi connectivity index (χ0v) is 15.1. The van der Waals surface area contributed by atoms with E-state index in [0.717, 1.165) is 22.0 Å². The number of anilines is 1. The summed E-state index contributed by atoms with van der Waals surface area (Å²) in [6, 6.07) is 15.5. The molecule has 0 aliphatic rings. The van der Waals surface area contributed by atoms with E-state index in [2.05, 4.69) is 21.7 Å². The van der Waals surface area contributed by atoms with Gasteiger partial charge in [-0.1, -0.05) is 30.3 Å². The number of benzene rings is 2. The van der Waals surface area contributed by atoms with Crippen LogP contribution in [0.25, 0.3) is 10.8 Å². The lowest BCUT2D eigenvalue weighted by Gasteiger charge is -2.17. The Kier molecular flexibility index (Phi) is 5.91. The van der Waals surface area contributed by atoms with E-state index < -0.39 is 0 Å². The van der Waals surface area contributed by atoms with Crippen molar-refractivity contribution in [2.45, 2.75) is 6.54 Å². The minimum Gasteiger partial charge on any atom is -0.438 e. The number of aromatic nitrogens is 1. The molecule has 0 bridgehead atoms. The van der Waals surface area contributed by atoms with Gasteiger partial charge in [-0.05, 0) is 30.5 Å². The van der Waals surface area contributed by atoms with Gasteiger partial charge in [0, 0.05) is 42.5 Å². The first kappa shape index (κ1) is 18.3. The number of pyridine rings is 1. The highest BCUT2D eigenvalue weighted by atomic mass is 16.5. The highest BCUT2D eigenvalue weighted by Crippen LogP contribution is 2.33. The molecular weight excluding hydrogens is 338 g/mol. The lowest BCUT2D eigenvalue weighted by molar-refractivity contribution is 0.428. The van der Waals surface area contributed by atoms with Crippen LogP contribution in [0.3, 0.4) is 0 Å². The highest BCUT2D eigenvalue weighted by molar-refractivity contribution is 5.98. The number of nitrogens with two attached hydrogens (primary N) is 1. The summed E-state index contributed by atoms with van der Waals surface area (Å²) < 4.78 is 5.93. The third-order valence-electron chi connectivity index (χ3n) is 3.93. The Morgan fingerprint density at radius 2 is 2.00 bits per heavy atom. The Hall–Kier alpha value is -3.51. The fourth-order valence-electron chi connectivity index (χ4n) is 2.65. The minimum atomic E-state index is 0.365. The highest BCUT2D eigenvalue weighted by Gasteiger charge is 2.09. The van der Waals surface area contributed by atoms with E-state index in [9.17, 15) is 0 Å². The smallest absolute Gasteiger partial charge is 0.220 e. The van der Waals surface area contributed by atoms with Gasteiger partial charge in [-0.3, -0.25) is 9.98 Å². The summed E-state index contributed by atoms with van der Waals surface area (Å²) in [5, 5.41) is 3.52. The third kappa shape index (κ3) is 4.56. The maximum Gasteiger partial charge on any atom is 0.220 e. The number of fused-ring (bicyclic) bond motifs is 1. The molecule has 0 unspecified atom stereocenters. The average molecular weight is 359 g/mol. The van der Waals surface area contributed by atoms with Gasteiger partial charge in [-0.25, -0.2) is 10.8 Å². The maximum atomic E-state index is 5.93. The van der Waals surface area contributed by atoms with Gasteiger partial charge >= 0.3 is 0 Å². The SMILES string of the molecule is C=N/C(=C\C=NCc1cccnc1)Oc1ccc(N(C)N)c2ccccc12. The molecule has 0 atom stereocenters. The summed E-state index contributed by atoms with van der Waals surface area (Å²) >= 11 is 0. The molecule has 2 N–H and O–H groups in total. The molecule has 0 saturated carbocycles. The number of ether oxygens (including phenoxy) is 1. The predicted molar refractivity (Wildman–Crippen MR) is 111 cm³/mol. The molecular formula is C21H21N5O. The Bertz CT molecular complexity index is 980. The third-order valence-corrected chi connectivity index (χ3v) is 3.93. The molecule has 3 aromatic rings. The zero-order valence-electron chi connectivity index (χ0n) is 15.1. The van der Waals surface area contributed by atoms with Crippen LogP contribution >= 0.6 is 0 Å². The average Bonchev–Trinajstić information content (AvgIpc) is 2.70. The molecule has 0 amide bonds. The Morgan fingerprint density at radius 1 is 1.19 bits per heavy atom. The normalized spacial score (nSPS) is 11.7. The fourth-order valence-corrected chi connectivity index (χ4v) is 2.65. The van der Waals surface area contributed by atoms with Gasteiger partial charge in [0.2, 0.25) is 5.88 Å². The molecule has 0 fully saturated rings. The topological polar surface area (TPSA) is 76.1 Å². The Balaban J connectivity index is 1.80. The second-order valence-electron chi connectivity index (χ2n) is 5.86. The van der Waals surface area contributed by atoms with Crippen LogP contribution in [0.5, 0.6) is 5.75 Å². The molecule has 0 saturated heterocycles. The van der Waals surface area contributed by atoms with Crippen LogP contribution in [-0.4, -0.2) is 25.0 Å². The van der Waals surface area contributed by atoms with Gasteiger partial charge in [-0.15, -0.1) is 0 Å². The number of rotatable bonds is 7. The summed E-state index contributed by atoms with van der Waals surface area (Å²) in [6.07, 6.45) is 6.85. The first-order valence-corrected chi connectivity index (χ1v) is 8.43. The van der Waals surface area contributed by atoms with Crippen LogP contribution in [0.15, 0.2) is 82.9 Å². The molecule has 6 nitrogen and oxygen atoms in total. The first-order valence-electron chi connectivity index (χ1n) is 8.43. The van der Waals surface area contributed by atoms with Crippen molar-refractivity contribution in [1.29, 1.82) is 0 Å². The van der Waals surface area contributed by atoms with E-state index in [1.165, 1.54) is 0 Å². The van der Waals surface area contributed by atoms with Crippen molar-refractivity contribution in [3.8, 4) is 5.75 Å². The van der Waals surface area contributed by atoms with E-state index in [4.69, 9.17) is 10.6 Å². The number of hydrogen-bond donors (Lipinski definition) is 1. The molecule has 0 radical (unpaired) electrons. The molecule has 6 heteroatoms. The van der Waals surface area contributed by atoms with Crippen LogP contribution in [0.4, 0.5) is 5.69 Å². The zero-order chi connectivity index (χ0) is 19.1. The molecule has 1 heterocycles. The molecule has 0 aliphatic carbocycles. The van der Waals surface area contributed by atoms with Crippen LogP contribution in [0, 0.1) is 0 Å². The Labute approximate surface area is 158 Å². The molecule has 136 valence electrons. The van der Waals surface area contributed by atoms with Crippen molar-refractivity contribution in [2.24, 2.45) is 15.8 Å². The van der Waals surface area contributed by atoms with E-state index in [0.29, 0.717) is 18.2 Å². The van der Waals surface area contributed by atoms with Crippen LogP contribution < -0.4 is 15.6 Å². The van der Waals surface area contributed by atoms with Gasteiger partial charge < -0.3 is 9.75 Å². The van der Waals surface area contributed by atoms with Crippen molar-refractivity contribution in [3.63, 3.8) is 0 Å². The van der Waals surface area contributed by atoms with Gasteiger partial charge in [0.05, 0.1) is 12.2 Å². The van der Waals surface area contributed by atoms with Crippen molar-refractivity contribution < 1.29 is 4.74 Å². The first-order chi connectivity index (χ1) is 13.2. The van der Waals surface area contributed by atoms with E-state index in [-0.39, 0.29) is 0 Å². The molecule has 0 spiro atoms. The van der Waals surface area contributed by atoms with Crippen molar-refractivity contribution in [3.05, 3.63) is 78.4 Å². The number of allylic oxidation sites excluding steroid dienone is 1. The summed E-state index contributed by atoms with van der Waals surface area (Å²) in [6.45, 7) is 4.11. The molecule has 1 aromatic heterocycles. The van der Waals surface area contributed by atoms with Crippen molar-refractivity contribution >= 4 is 29.4 Å².